The Morgan fingerprint density at radius 3 is 3.00 bits per heavy atom. The molecule has 1 aromatic carbocycles. The summed E-state index contributed by atoms with van der Waals surface area (Å²) in [5.41, 5.74) is 0.116. The number of nitrogens with zero attached hydrogens (tertiary/aromatic N) is 1. The Labute approximate surface area is 123 Å². The maximum atomic E-state index is 11.9. The molecule has 102 valence electrons. The molecule has 7 heteroatoms. The predicted octanol–water partition coefficient (Wildman–Crippen LogP) is 2.39. The number of hydrogen-bond acceptors (Lipinski definition) is 5. The molecular weight excluding hydrogens is 365 g/mol. The SMILES string of the molecule is O=C(OCC1CCOC1)c1cc([N+](=O)[O-])ccc1I. The molecule has 0 radical (unpaired) electrons. The molecule has 0 spiro atoms. The number of halogens is 1. The standard InChI is InChI=1S/C12H12INO5/c13-11-2-1-9(14(16)17)5-10(11)12(15)19-7-8-3-4-18-6-8/h1-2,5,8H,3-4,6-7H2. The largest absolute Gasteiger partial charge is 0.462 e. The number of ether oxygens (including phenoxy) is 2. The first-order valence-corrected chi connectivity index (χ1v) is 6.84. The minimum absolute atomic E-state index is 0.114. The van der Waals surface area contributed by atoms with E-state index in [0.717, 1.165) is 6.42 Å². The molecule has 0 N–H and O–H groups in total. The highest BCUT2D eigenvalue weighted by Crippen LogP contribution is 2.21. The number of nitro groups is 1. The van der Waals surface area contributed by atoms with Crippen LogP contribution in [-0.4, -0.2) is 30.7 Å². The molecule has 1 saturated heterocycles. The molecule has 1 fully saturated rings. The van der Waals surface area contributed by atoms with E-state index < -0.39 is 10.9 Å². The van der Waals surface area contributed by atoms with Crippen LogP contribution in [0.25, 0.3) is 0 Å². The van der Waals surface area contributed by atoms with E-state index in [1.54, 1.807) is 0 Å². The second kappa shape index (κ2) is 6.29. The fraction of sp³-hybridized carbons (Fsp3) is 0.417. The monoisotopic (exact) mass is 377 g/mol. The molecule has 19 heavy (non-hydrogen) atoms. The zero-order chi connectivity index (χ0) is 13.8. The van der Waals surface area contributed by atoms with Gasteiger partial charge in [-0.1, -0.05) is 0 Å². The van der Waals surface area contributed by atoms with Crippen molar-refractivity contribution in [1.29, 1.82) is 0 Å². The molecule has 1 aliphatic heterocycles. The maximum Gasteiger partial charge on any atom is 0.339 e. The van der Waals surface area contributed by atoms with Crippen LogP contribution in [0.2, 0.25) is 0 Å². The Hall–Kier alpha value is -1.22. The van der Waals surface area contributed by atoms with E-state index in [-0.39, 0.29) is 23.8 Å². The van der Waals surface area contributed by atoms with Crippen LogP contribution in [0.3, 0.4) is 0 Å². The highest BCUT2D eigenvalue weighted by molar-refractivity contribution is 14.1. The smallest absolute Gasteiger partial charge is 0.339 e. The lowest BCUT2D eigenvalue weighted by Crippen LogP contribution is -2.15. The van der Waals surface area contributed by atoms with E-state index in [9.17, 15) is 14.9 Å². The number of rotatable bonds is 4. The van der Waals surface area contributed by atoms with Gasteiger partial charge < -0.3 is 9.47 Å². The Morgan fingerprint density at radius 1 is 1.58 bits per heavy atom. The number of benzene rings is 1. The summed E-state index contributed by atoms with van der Waals surface area (Å²) in [6, 6.07) is 4.15. The Morgan fingerprint density at radius 2 is 2.37 bits per heavy atom. The summed E-state index contributed by atoms with van der Waals surface area (Å²) in [5.74, 6) is -0.305. The summed E-state index contributed by atoms with van der Waals surface area (Å²) in [6.07, 6.45) is 0.874. The quantitative estimate of drug-likeness (QED) is 0.349. The second-order valence-electron chi connectivity index (χ2n) is 4.25. The van der Waals surface area contributed by atoms with E-state index in [4.69, 9.17) is 9.47 Å². The van der Waals surface area contributed by atoms with Crippen LogP contribution in [0.5, 0.6) is 0 Å². The van der Waals surface area contributed by atoms with Crippen molar-refractivity contribution in [3.63, 3.8) is 0 Å². The number of nitro benzene ring substituents is 1. The number of carbonyl (C=O) groups excluding carboxylic acids is 1. The molecule has 1 heterocycles. The third-order valence-electron chi connectivity index (χ3n) is 2.85. The van der Waals surface area contributed by atoms with Crippen LogP contribution >= 0.6 is 22.6 Å². The van der Waals surface area contributed by atoms with Gasteiger partial charge >= 0.3 is 5.97 Å². The minimum atomic E-state index is -0.530. The predicted molar refractivity (Wildman–Crippen MR) is 75.0 cm³/mol. The van der Waals surface area contributed by atoms with Gasteiger partial charge in [0.15, 0.2) is 0 Å². The molecule has 0 saturated carbocycles. The van der Waals surface area contributed by atoms with E-state index >= 15 is 0 Å². The van der Waals surface area contributed by atoms with Crippen molar-refractivity contribution in [2.24, 2.45) is 5.92 Å². The molecule has 0 aliphatic carbocycles. The maximum absolute atomic E-state index is 11.9. The number of carbonyl (C=O) groups is 1. The van der Waals surface area contributed by atoms with E-state index in [2.05, 4.69) is 0 Å². The molecule has 2 rings (SSSR count). The zero-order valence-electron chi connectivity index (χ0n) is 10.0. The molecule has 6 nitrogen and oxygen atoms in total. The van der Waals surface area contributed by atoms with Crippen molar-refractivity contribution in [2.45, 2.75) is 6.42 Å². The van der Waals surface area contributed by atoms with Gasteiger partial charge in [-0.3, -0.25) is 10.1 Å². The molecule has 0 aromatic heterocycles. The van der Waals surface area contributed by atoms with Crippen molar-refractivity contribution in [3.8, 4) is 0 Å². The van der Waals surface area contributed by atoms with Crippen molar-refractivity contribution in [1.82, 2.24) is 0 Å². The molecule has 1 atom stereocenters. The number of non-ortho nitro benzene ring substituents is 1. The van der Waals surface area contributed by atoms with Crippen molar-refractivity contribution < 1.29 is 19.2 Å². The lowest BCUT2D eigenvalue weighted by atomic mass is 10.1. The van der Waals surface area contributed by atoms with Crippen LogP contribution < -0.4 is 0 Å². The first-order chi connectivity index (χ1) is 9.08. The summed E-state index contributed by atoms with van der Waals surface area (Å²) < 4.78 is 11.0. The average molecular weight is 377 g/mol. The first kappa shape index (κ1) is 14.2. The van der Waals surface area contributed by atoms with Gasteiger partial charge in [-0.05, 0) is 35.1 Å². The third kappa shape index (κ3) is 3.63. The van der Waals surface area contributed by atoms with Crippen molar-refractivity contribution >= 4 is 34.2 Å². The summed E-state index contributed by atoms with van der Waals surface area (Å²) in [4.78, 5) is 22.1. The first-order valence-electron chi connectivity index (χ1n) is 5.76. The number of esters is 1. The normalized spacial score (nSPS) is 18.3. The highest BCUT2D eigenvalue weighted by atomic mass is 127. The molecule has 0 amide bonds. The minimum Gasteiger partial charge on any atom is -0.462 e. The van der Waals surface area contributed by atoms with Crippen LogP contribution in [0, 0.1) is 19.6 Å². The van der Waals surface area contributed by atoms with Gasteiger partial charge in [0.05, 0.1) is 23.7 Å². The lowest BCUT2D eigenvalue weighted by Gasteiger charge is -2.09. The van der Waals surface area contributed by atoms with Crippen LogP contribution in [0.1, 0.15) is 16.8 Å². The number of hydrogen-bond donors (Lipinski definition) is 0. The van der Waals surface area contributed by atoms with Crippen LogP contribution in [0.15, 0.2) is 18.2 Å². The molecule has 0 bridgehead atoms. The van der Waals surface area contributed by atoms with Crippen molar-refractivity contribution in [2.75, 3.05) is 19.8 Å². The van der Waals surface area contributed by atoms with Gasteiger partial charge in [-0.15, -0.1) is 0 Å². The van der Waals surface area contributed by atoms with Gasteiger partial charge in [-0.25, -0.2) is 4.79 Å². The summed E-state index contributed by atoms with van der Waals surface area (Å²) in [6.45, 7) is 1.58. The highest BCUT2D eigenvalue weighted by Gasteiger charge is 2.20. The fourth-order valence-electron chi connectivity index (χ4n) is 1.77. The second-order valence-corrected chi connectivity index (χ2v) is 5.41. The van der Waals surface area contributed by atoms with Gasteiger partial charge in [0, 0.05) is 28.2 Å². The molecule has 1 aliphatic rings. The summed E-state index contributed by atoms with van der Waals surface area (Å²) in [5, 5.41) is 10.7. The van der Waals surface area contributed by atoms with Crippen molar-refractivity contribution in [3.05, 3.63) is 37.4 Å². The van der Waals surface area contributed by atoms with Crippen LogP contribution in [-0.2, 0) is 9.47 Å². The Balaban J connectivity index is 2.04. The molecule has 1 aromatic rings. The topological polar surface area (TPSA) is 78.7 Å². The summed E-state index contributed by atoms with van der Waals surface area (Å²) in [7, 11) is 0. The van der Waals surface area contributed by atoms with Gasteiger partial charge in [0.1, 0.15) is 0 Å². The van der Waals surface area contributed by atoms with Gasteiger partial charge in [0.2, 0.25) is 0 Å². The van der Waals surface area contributed by atoms with E-state index in [1.165, 1.54) is 18.2 Å². The lowest BCUT2D eigenvalue weighted by molar-refractivity contribution is -0.384. The Bertz CT molecular complexity index is 499. The third-order valence-corrected chi connectivity index (χ3v) is 3.80. The molecule has 1 unspecified atom stereocenters. The molecular formula is C12H12INO5. The summed E-state index contributed by atoms with van der Waals surface area (Å²) >= 11 is 1.96. The van der Waals surface area contributed by atoms with Crippen LogP contribution in [0.4, 0.5) is 5.69 Å². The van der Waals surface area contributed by atoms with Gasteiger partial charge in [-0.2, -0.15) is 0 Å². The zero-order valence-corrected chi connectivity index (χ0v) is 12.2. The fourth-order valence-corrected chi connectivity index (χ4v) is 2.33. The van der Waals surface area contributed by atoms with E-state index in [1.807, 2.05) is 22.6 Å². The van der Waals surface area contributed by atoms with E-state index in [0.29, 0.717) is 16.8 Å². The Kier molecular flexibility index (Phi) is 4.70. The van der Waals surface area contributed by atoms with Gasteiger partial charge in [0.25, 0.3) is 5.69 Å². The average Bonchev–Trinajstić information content (AvgIpc) is 2.89.